The highest BCUT2D eigenvalue weighted by Gasteiger charge is 2.16. The van der Waals surface area contributed by atoms with Crippen LogP contribution in [0.1, 0.15) is 5.56 Å². The zero-order valence-electron chi connectivity index (χ0n) is 11.1. The van der Waals surface area contributed by atoms with Crippen LogP contribution in [0.5, 0.6) is 0 Å². The first-order chi connectivity index (χ1) is 10.1. The largest absolute Gasteiger partial charge is 0.398 e. The summed E-state index contributed by atoms with van der Waals surface area (Å²) in [5, 5.41) is 12.5. The number of aryl methyl sites for hydroxylation is 1. The maximum Gasteiger partial charge on any atom is 0.189 e. The minimum atomic E-state index is 0.587. The molecule has 0 amide bonds. The van der Waals surface area contributed by atoms with Gasteiger partial charge in [0.2, 0.25) is 0 Å². The van der Waals surface area contributed by atoms with Crippen molar-refractivity contribution in [3.8, 4) is 17.1 Å². The Morgan fingerprint density at radius 2 is 2.05 bits per heavy atom. The quantitative estimate of drug-likeness (QED) is 0.705. The lowest BCUT2D eigenvalue weighted by Gasteiger charge is -2.10. The van der Waals surface area contributed by atoms with Crippen LogP contribution in [0.3, 0.4) is 0 Å². The number of aromatic nitrogens is 4. The van der Waals surface area contributed by atoms with Gasteiger partial charge < -0.3 is 5.73 Å². The predicted octanol–water partition coefficient (Wildman–Crippen LogP) is 3.64. The van der Waals surface area contributed by atoms with Gasteiger partial charge in [-0.3, -0.25) is 0 Å². The number of hydrogen-bond donors (Lipinski definition) is 1. The molecule has 0 aliphatic heterocycles. The minimum Gasteiger partial charge on any atom is -0.398 e. The van der Waals surface area contributed by atoms with Crippen LogP contribution in [0.25, 0.3) is 17.1 Å². The molecule has 1 heterocycles. The Kier molecular flexibility index (Phi) is 3.65. The van der Waals surface area contributed by atoms with Gasteiger partial charge in [0.05, 0.1) is 10.7 Å². The first kappa shape index (κ1) is 14.0. The lowest BCUT2D eigenvalue weighted by Crippen LogP contribution is -2.03. The van der Waals surface area contributed by atoms with Crippen LogP contribution in [0, 0.1) is 6.92 Å². The van der Waals surface area contributed by atoms with E-state index >= 15 is 0 Å². The van der Waals surface area contributed by atoms with Crippen LogP contribution in [0.15, 0.2) is 40.9 Å². The van der Waals surface area contributed by atoms with Crippen molar-refractivity contribution in [1.29, 1.82) is 0 Å². The Bertz CT molecular complexity index is 795. The van der Waals surface area contributed by atoms with Crippen LogP contribution >= 0.6 is 27.5 Å². The average molecular weight is 365 g/mol. The van der Waals surface area contributed by atoms with Gasteiger partial charge in [-0.05, 0) is 63.1 Å². The minimum absolute atomic E-state index is 0.587. The molecule has 0 saturated heterocycles. The molecule has 0 radical (unpaired) electrons. The summed E-state index contributed by atoms with van der Waals surface area (Å²) in [6.45, 7) is 1.97. The Labute approximate surface area is 134 Å². The van der Waals surface area contributed by atoms with E-state index in [2.05, 4.69) is 31.5 Å². The molecule has 0 fully saturated rings. The molecule has 0 bridgehead atoms. The van der Waals surface area contributed by atoms with Crippen LogP contribution in [-0.2, 0) is 0 Å². The van der Waals surface area contributed by atoms with Crippen LogP contribution in [0.2, 0.25) is 5.02 Å². The number of halogens is 2. The molecule has 5 nitrogen and oxygen atoms in total. The van der Waals surface area contributed by atoms with E-state index in [4.69, 9.17) is 17.3 Å². The Hall–Kier alpha value is -1.92. The second-order valence-electron chi connectivity index (χ2n) is 4.55. The summed E-state index contributed by atoms with van der Waals surface area (Å²) in [6, 6.07) is 11.2. The van der Waals surface area contributed by atoms with Crippen molar-refractivity contribution in [2.24, 2.45) is 0 Å². The zero-order valence-corrected chi connectivity index (χ0v) is 13.4. The monoisotopic (exact) mass is 363 g/mol. The van der Waals surface area contributed by atoms with Crippen molar-refractivity contribution in [2.45, 2.75) is 6.92 Å². The molecular weight excluding hydrogens is 354 g/mol. The molecular formula is C14H11BrClN5. The lowest BCUT2D eigenvalue weighted by atomic mass is 10.1. The van der Waals surface area contributed by atoms with Crippen LogP contribution in [-0.4, -0.2) is 20.2 Å². The maximum absolute atomic E-state index is 6.14. The SMILES string of the molecule is Cc1cccc(N)c1-c1nnnn1-c1ccc(Br)c(Cl)c1. The van der Waals surface area contributed by atoms with Crippen molar-refractivity contribution in [3.63, 3.8) is 0 Å². The number of benzene rings is 2. The Morgan fingerprint density at radius 3 is 2.76 bits per heavy atom. The van der Waals surface area contributed by atoms with Gasteiger partial charge in [-0.25, -0.2) is 0 Å². The molecule has 0 spiro atoms. The second kappa shape index (κ2) is 5.46. The van der Waals surface area contributed by atoms with E-state index < -0.39 is 0 Å². The van der Waals surface area contributed by atoms with E-state index in [-0.39, 0.29) is 0 Å². The Balaban J connectivity index is 2.20. The first-order valence-corrected chi connectivity index (χ1v) is 7.34. The summed E-state index contributed by atoms with van der Waals surface area (Å²) in [5.74, 6) is 0.587. The van der Waals surface area contributed by atoms with Gasteiger partial charge in [0.1, 0.15) is 0 Å². The molecule has 2 N–H and O–H groups in total. The van der Waals surface area contributed by atoms with Crippen LogP contribution < -0.4 is 5.73 Å². The molecule has 0 aliphatic carbocycles. The van der Waals surface area contributed by atoms with E-state index in [0.717, 1.165) is 21.3 Å². The molecule has 0 saturated carbocycles. The topological polar surface area (TPSA) is 69.6 Å². The van der Waals surface area contributed by atoms with E-state index in [1.165, 1.54) is 0 Å². The number of anilines is 1. The summed E-state index contributed by atoms with van der Waals surface area (Å²) in [6.07, 6.45) is 0. The lowest BCUT2D eigenvalue weighted by molar-refractivity contribution is 0.791. The number of tetrazole rings is 1. The third-order valence-corrected chi connectivity index (χ3v) is 4.38. The highest BCUT2D eigenvalue weighted by molar-refractivity contribution is 9.10. The molecule has 0 unspecified atom stereocenters. The van der Waals surface area contributed by atoms with Gasteiger partial charge in [0, 0.05) is 15.7 Å². The molecule has 2 aromatic carbocycles. The summed E-state index contributed by atoms with van der Waals surface area (Å²) >= 11 is 9.50. The number of nitrogens with two attached hydrogens (primary N) is 1. The number of nitrogens with zero attached hydrogens (tertiary/aromatic N) is 4. The molecule has 0 aliphatic rings. The summed E-state index contributed by atoms with van der Waals surface area (Å²) in [7, 11) is 0. The smallest absolute Gasteiger partial charge is 0.189 e. The highest BCUT2D eigenvalue weighted by Crippen LogP contribution is 2.30. The molecule has 3 rings (SSSR count). The van der Waals surface area contributed by atoms with E-state index in [1.807, 2.05) is 37.3 Å². The van der Waals surface area contributed by atoms with Gasteiger partial charge >= 0.3 is 0 Å². The zero-order chi connectivity index (χ0) is 15.0. The fourth-order valence-electron chi connectivity index (χ4n) is 2.13. The van der Waals surface area contributed by atoms with Crippen molar-refractivity contribution < 1.29 is 0 Å². The highest BCUT2D eigenvalue weighted by atomic mass is 79.9. The predicted molar refractivity (Wildman–Crippen MR) is 86.4 cm³/mol. The molecule has 1 aromatic heterocycles. The van der Waals surface area contributed by atoms with Crippen molar-refractivity contribution >= 4 is 33.2 Å². The first-order valence-electron chi connectivity index (χ1n) is 6.17. The van der Waals surface area contributed by atoms with Crippen LogP contribution in [0.4, 0.5) is 5.69 Å². The summed E-state index contributed by atoms with van der Waals surface area (Å²) in [5.41, 5.74) is 9.30. The van der Waals surface area contributed by atoms with Gasteiger partial charge in [-0.15, -0.1) is 5.10 Å². The van der Waals surface area contributed by atoms with Crippen molar-refractivity contribution in [2.75, 3.05) is 5.73 Å². The third-order valence-electron chi connectivity index (χ3n) is 3.15. The molecule has 0 atom stereocenters. The van der Waals surface area contributed by atoms with Gasteiger partial charge in [0.15, 0.2) is 5.82 Å². The van der Waals surface area contributed by atoms with E-state index in [0.29, 0.717) is 16.5 Å². The second-order valence-corrected chi connectivity index (χ2v) is 5.81. The van der Waals surface area contributed by atoms with Gasteiger partial charge in [0.25, 0.3) is 0 Å². The molecule has 3 aromatic rings. The third kappa shape index (κ3) is 2.52. The summed E-state index contributed by atoms with van der Waals surface area (Å²) in [4.78, 5) is 0. The normalized spacial score (nSPS) is 10.8. The number of nitrogen functional groups attached to an aromatic ring is 1. The fraction of sp³-hybridized carbons (Fsp3) is 0.0714. The number of hydrogen-bond acceptors (Lipinski definition) is 4. The van der Waals surface area contributed by atoms with Crippen molar-refractivity contribution in [3.05, 3.63) is 51.5 Å². The van der Waals surface area contributed by atoms with Gasteiger partial charge in [-0.2, -0.15) is 4.68 Å². The Morgan fingerprint density at radius 1 is 1.24 bits per heavy atom. The average Bonchev–Trinajstić information content (AvgIpc) is 2.91. The maximum atomic E-state index is 6.14. The molecule has 21 heavy (non-hydrogen) atoms. The van der Waals surface area contributed by atoms with Crippen molar-refractivity contribution in [1.82, 2.24) is 20.2 Å². The molecule has 7 heteroatoms. The van der Waals surface area contributed by atoms with E-state index in [1.54, 1.807) is 10.7 Å². The molecule has 106 valence electrons. The van der Waals surface area contributed by atoms with E-state index in [9.17, 15) is 0 Å². The van der Waals surface area contributed by atoms with Gasteiger partial charge in [-0.1, -0.05) is 23.7 Å². The number of rotatable bonds is 2. The standard InChI is InChI=1S/C14H11BrClN5/c1-8-3-2-4-12(17)13(8)14-18-19-20-21(14)9-5-6-10(15)11(16)7-9/h2-7H,17H2,1H3. The summed E-state index contributed by atoms with van der Waals surface area (Å²) < 4.78 is 2.44. The fourth-order valence-corrected chi connectivity index (χ4v) is 2.55.